The van der Waals surface area contributed by atoms with Gasteiger partial charge in [0.2, 0.25) is 0 Å². The normalized spacial score (nSPS) is 22.3. The number of unbranched alkanes of at least 4 members (excludes halogenated alkanes) is 2. The fourth-order valence-corrected chi connectivity index (χ4v) is 5.50. The van der Waals surface area contributed by atoms with Crippen LogP contribution < -0.4 is 4.74 Å². The average Bonchev–Trinajstić information content (AvgIpc) is 2.78. The SMILES string of the molecule is CCCCC[C@@H]1CC[C@@H]2c3ccc(C#Cc4ccc(OC(F)F)cc4)cc3CC[C@@H]2C1. The highest BCUT2D eigenvalue weighted by Crippen LogP contribution is 2.48. The molecule has 2 aliphatic carbocycles. The molecule has 1 nitrogen and oxygen atoms in total. The van der Waals surface area contributed by atoms with Gasteiger partial charge in [-0.25, -0.2) is 0 Å². The molecule has 0 heterocycles. The van der Waals surface area contributed by atoms with Crippen LogP contribution in [0.3, 0.4) is 0 Å². The van der Waals surface area contributed by atoms with Crippen LogP contribution in [0.25, 0.3) is 0 Å². The van der Waals surface area contributed by atoms with Crippen molar-refractivity contribution in [2.75, 3.05) is 0 Å². The summed E-state index contributed by atoms with van der Waals surface area (Å²) in [4.78, 5) is 0. The standard InChI is InChI=1S/C28H32F2O/c1-2-3-4-5-21-10-16-26-23(18-21)12-13-24-19-22(11-17-27(24)26)7-6-20-8-14-25(15-9-20)31-28(29)30/h8-9,11,14-15,17,19,21,23,26,28H,2-5,10,12-13,16,18H2,1H3/t21-,23-,26+/m1/s1. The van der Waals surface area contributed by atoms with Gasteiger partial charge in [0.1, 0.15) is 5.75 Å². The third-order valence-electron chi connectivity index (χ3n) is 7.06. The smallest absolute Gasteiger partial charge is 0.387 e. The van der Waals surface area contributed by atoms with Gasteiger partial charge < -0.3 is 4.74 Å². The van der Waals surface area contributed by atoms with Crippen LogP contribution in [0.15, 0.2) is 42.5 Å². The largest absolute Gasteiger partial charge is 0.435 e. The summed E-state index contributed by atoms with van der Waals surface area (Å²) in [7, 11) is 0. The zero-order valence-electron chi connectivity index (χ0n) is 18.4. The van der Waals surface area contributed by atoms with E-state index in [9.17, 15) is 8.78 Å². The number of benzene rings is 2. The molecule has 0 amide bonds. The van der Waals surface area contributed by atoms with Gasteiger partial charge in [-0.3, -0.25) is 0 Å². The molecule has 4 rings (SSSR count). The van der Waals surface area contributed by atoms with E-state index >= 15 is 0 Å². The van der Waals surface area contributed by atoms with Crippen LogP contribution in [0.5, 0.6) is 5.75 Å². The van der Waals surface area contributed by atoms with Gasteiger partial charge in [0.25, 0.3) is 0 Å². The van der Waals surface area contributed by atoms with Gasteiger partial charge >= 0.3 is 6.61 Å². The van der Waals surface area contributed by atoms with E-state index in [-0.39, 0.29) is 5.75 Å². The van der Waals surface area contributed by atoms with Crippen molar-refractivity contribution in [1.29, 1.82) is 0 Å². The van der Waals surface area contributed by atoms with E-state index in [4.69, 9.17) is 0 Å². The quantitative estimate of drug-likeness (QED) is 0.342. The van der Waals surface area contributed by atoms with Gasteiger partial charge in [-0.1, -0.05) is 50.5 Å². The van der Waals surface area contributed by atoms with Crippen LogP contribution >= 0.6 is 0 Å². The predicted octanol–water partition coefficient (Wildman–Crippen LogP) is 7.71. The van der Waals surface area contributed by atoms with Crippen molar-refractivity contribution in [2.45, 2.75) is 77.2 Å². The monoisotopic (exact) mass is 422 g/mol. The lowest BCUT2D eigenvalue weighted by Crippen LogP contribution is -2.28. The summed E-state index contributed by atoms with van der Waals surface area (Å²) in [5.41, 5.74) is 4.85. The van der Waals surface area contributed by atoms with E-state index in [2.05, 4.69) is 41.7 Å². The highest BCUT2D eigenvalue weighted by molar-refractivity contribution is 5.48. The Bertz CT molecular complexity index is 922. The molecule has 3 heteroatoms. The molecule has 2 aromatic rings. The number of aryl methyl sites for hydroxylation is 1. The molecule has 0 radical (unpaired) electrons. The van der Waals surface area contributed by atoms with Crippen molar-refractivity contribution in [3.8, 4) is 17.6 Å². The van der Waals surface area contributed by atoms with Crippen LogP contribution in [0.2, 0.25) is 0 Å². The molecule has 1 saturated carbocycles. The lowest BCUT2D eigenvalue weighted by atomic mass is 9.64. The van der Waals surface area contributed by atoms with E-state index in [0.717, 1.165) is 35.3 Å². The molecule has 0 aliphatic heterocycles. The molecule has 164 valence electrons. The van der Waals surface area contributed by atoms with E-state index < -0.39 is 6.61 Å². The minimum absolute atomic E-state index is 0.156. The Morgan fingerprint density at radius 1 is 0.968 bits per heavy atom. The maximum atomic E-state index is 12.3. The third kappa shape index (κ3) is 5.67. The number of fused-ring (bicyclic) bond motifs is 3. The Hall–Kier alpha value is -2.34. The lowest BCUT2D eigenvalue weighted by Gasteiger charge is -2.40. The number of ether oxygens (including phenoxy) is 1. The first-order valence-corrected chi connectivity index (χ1v) is 11.8. The molecular weight excluding hydrogens is 390 g/mol. The molecule has 0 unspecified atom stereocenters. The van der Waals surface area contributed by atoms with Gasteiger partial charge in [-0.05, 0) is 97.4 Å². The minimum Gasteiger partial charge on any atom is -0.435 e. The second-order valence-electron chi connectivity index (χ2n) is 9.15. The molecular formula is C28H32F2O. The van der Waals surface area contributed by atoms with Crippen molar-refractivity contribution in [3.63, 3.8) is 0 Å². The van der Waals surface area contributed by atoms with Crippen molar-refractivity contribution >= 4 is 0 Å². The van der Waals surface area contributed by atoms with Crippen molar-refractivity contribution in [2.24, 2.45) is 11.8 Å². The Morgan fingerprint density at radius 3 is 2.52 bits per heavy atom. The van der Waals surface area contributed by atoms with Crippen LogP contribution in [-0.4, -0.2) is 6.61 Å². The molecule has 2 aliphatic rings. The Kier molecular flexibility index (Phi) is 7.28. The van der Waals surface area contributed by atoms with Gasteiger partial charge in [0.05, 0.1) is 0 Å². The molecule has 0 N–H and O–H groups in total. The summed E-state index contributed by atoms with van der Waals surface area (Å²) in [6.45, 7) is -0.516. The summed E-state index contributed by atoms with van der Waals surface area (Å²) in [6.07, 6.45) is 12.1. The maximum absolute atomic E-state index is 12.3. The number of hydrogen-bond donors (Lipinski definition) is 0. The molecule has 31 heavy (non-hydrogen) atoms. The van der Waals surface area contributed by atoms with E-state index in [0.29, 0.717) is 0 Å². The topological polar surface area (TPSA) is 9.23 Å². The van der Waals surface area contributed by atoms with Crippen LogP contribution in [-0.2, 0) is 6.42 Å². The van der Waals surface area contributed by atoms with Crippen molar-refractivity contribution in [1.82, 2.24) is 0 Å². The Morgan fingerprint density at radius 2 is 1.74 bits per heavy atom. The average molecular weight is 423 g/mol. The van der Waals surface area contributed by atoms with E-state index in [1.54, 1.807) is 17.7 Å². The first-order chi connectivity index (χ1) is 15.1. The van der Waals surface area contributed by atoms with Crippen molar-refractivity contribution < 1.29 is 13.5 Å². The van der Waals surface area contributed by atoms with Gasteiger partial charge in [-0.15, -0.1) is 0 Å². The Labute approximate surface area is 185 Å². The minimum atomic E-state index is -2.80. The number of alkyl halides is 2. The zero-order valence-corrected chi connectivity index (χ0v) is 18.4. The lowest BCUT2D eigenvalue weighted by molar-refractivity contribution is -0.0498. The fourth-order valence-electron chi connectivity index (χ4n) is 5.50. The molecule has 0 bridgehead atoms. The van der Waals surface area contributed by atoms with Crippen LogP contribution in [0.4, 0.5) is 8.78 Å². The maximum Gasteiger partial charge on any atom is 0.387 e. The van der Waals surface area contributed by atoms with Gasteiger partial charge in [0.15, 0.2) is 0 Å². The highest BCUT2D eigenvalue weighted by atomic mass is 19.3. The summed E-state index contributed by atoms with van der Waals surface area (Å²) in [6, 6.07) is 13.2. The van der Waals surface area contributed by atoms with Gasteiger partial charge in [-0.2, -0.15) is 8.78 Å². The highest BCUT2D eigenvalue weighted by Gasteiger charge is 2.34. The zero-order chi connectivity index (χ0) is 21.6. The molecule has 2 aromatic carbocycles. The summed E-state index contributed by atoms with van der Waals surface area (Å²) in [5, 5.41) is 0. The molecule has 1 fully saturated rings. The second kappa shape index (κ2) is 10.3. The summed E-state index contributed by atoms with van der Waals surface area (Å²) >= 11 is 0. The first kappa shape index (κ1) is 21.9. The van der Waals surface area contributed by atoms with Crippen molar-refractivity contribution in [3.05, 3.63) is 64.7 Å². The fraction of sp³-hybridized carbons (Fsp3) is 0.500. The molecule has 0 aromatic heterocycles. The van der Waals surface area contributed by atoms with Crippen LogP contribution in [0, 0.1) is 23.7 Å². The second-order valence-corrected chi connectivity index (χ2v) is 9.15. The molecule has 0 saturated heterocycles. The number of rotatable bonds is 6. The molecule has 0 spiro atoms. The van der Waals surface area contributed by atoms with Crippen LogP contribution in [0.1, 0.15) is 86.5 Å². The third-order valence-corrected chi connectivity index (χ3v) is 7.06. The Balaban J connectivity index is 1.40. The number of halogens is 2. The number of hydrogen-bond acceptors (Lipinski definition) is 1. The summed E-state index contributed by atoms with van der Waals surface area (Å²) < 4.78 is 28.9. The van der Waals surface area contributed by atoms with E-state index in [1.807, 2.05) is 0 Å². The van der Waals surface area contributed by atoms with Gasteiger partial charge in [0, 0.05) is 11.1 Å². The predicted molar refractivity (Wildman–Crippen MR) is 122 cm³/mol. The first-order valence-electron chi connectivity index (χ1n) is 11.8. The van der Waals surface area contributed by atoms with E-state index in [1.165, 1.54) is 69.1 Å². The summed E-state index contributed by atoms with van der Waals surface area (Å²) in [5.74, 6) is 9.07. The molecule has 3 atom stereocenters.